The summed E-state index contributed by atoms with van der Waals surface area (Å²) >= 11 is 0. The third-order valence-corrected chi connectivity index (χ3v) is 2.57. The van der Waals surface area contributed by atoms with Gasteiger partial charge in [0.05, 0.1) is 6.20 Å². The van der Waals surface area contributed by atoms with Gasteiger partial charge in [0.25, 0.3) is 5.91 Å². The standard InChI is InChI=1S/C11H13N5O/c1-6-7(2)14-8(3)15-11(6)16-9(10(12)17)4-5-13-16/h4-5H,1-3H3,(H2,12,17). The third kappa shape index (κ3) is 1.89. The number of nitrogens with two attached hydrogens (primary N) is 1. The normalized spacial score (nSPS) is 10.5. The van der Waals surface area contributed by atoms with Crippen molar-refractivity contribution in [3.63, 3.8) is 0 Å². The van der Waals surface area contributed by atoms with Crippen molar-refractivity contribution in [3.8, 4) is 5.82 Å². The highest BCUT2D eigenvalue weighted by molar-refractivity contribution is 5.91. The molecule has 0 atom stereocenters. The van der Waals surface area contributed by atoms with E-state index in [0.29, 0.717) is 17.3 Å². The number of carbonyl (C=O) groups is 1. The molecule has 0 aliphatic carbocycles. The number of aromatic nitrogens is 4. The van der Waals surface area contributed by atoms with E-state index in [1.807, 2.05) is 13.8 Å². The lowest BCUT2D eigenvalue weighted by atomic mass is 10.2. The van der Waals surface area contributed by atoms with Crippen LogP contribution in [0.15, 0.2) is 12.3 Å². The van der Waals surface area contributed by atoms with Crippen molar-refractivity contribution in [2.75, 3.05) is 0 Å². The molecule has 0 unspecified atom stereocenters. The molecule has 6 nitrogen and oxygen atoms in total. The van der Waals surface area contributed by atoms with Gasteiger partial charge in [-0.3, -0.25) is 4.79 Å². The molecule has 0 spiro atoms. The fraction of sp³-hybridized carbons (Fsp3) is 0.273. The molecule has 0 aliphatic rings. The molecule has 6 heteroatoms. The monoisotopic (exact) mass is 231 g/mol. The molecule has 17 heavy (non-hydrogen) atoms. The van der Waals surface area contributed by atoms with Crippen molar-refractivity contribution in [3.05, 3.63) is 35.0 Å². The molecule has 2 heterocycles. The van der Waals surface area contributed by atoms with Crippen LogP contribution >= 0.6 is 0 Å². The minimum absolute atomic E-state index is 0.311. The summed E-state index contributed by atoms with van der Waals surface area (Å²) in [6.07, 6.45) is 1.52. The SMILES string of the molecule is Cc1nc(C)c(C)c(-n2nccc2C(N)=O)n1. The maximum atomic E-state index is 11.3. The van der Waals surface area contributed by atoms with E-state index in [2.05, 4.69) is 15.1 Å². The first kappa shape index (κ1) is 11.3. The highest BCUT2D eigenvalue weighted by atomic mass is 16.1. The van der Waals surface area contributed by atoms with Gasteiger partial charge in [0.15, 0.2) is 5.82 Å². The fourth-order valence-corrected chi connectivity index (χ4v) is 1.62. The summed E-state index contributed by atoms with van der Waals surface area (Å²) in [5, 5.41) is 4.08. The van der Waals surface area contributed by atoms with Crippen molar-refractivity contribution < 1.29 is 4.79 Å². The lowest BCUT2D eigenvalue weighted by Crippen LogP contribution is -2.18. The zero-order chi connectivity index (χ0) is 12.6. The molecule has 0 aromatic carbocycles. The molecule has 88 valence electrons. The smallest absolute Gasteiger partial charge is 0.267 e. The molecular weight excluding hydrogens is 218 g/mol. The van der Waals surface area contributed by atoms with Crippen LogP contribution in [0.3, 0.4) is 0 Å². The quantitative estimate of drug-likeness (QED) is 0.823. The lowest BCUT2D eigenvalue weighted by Gasteiger charge is -2.10. The van der Waals surface area contributed by atoms with Crippen molar-refractivity contribution in [1.82, 2.24) is 19.7 Å². The summed E-state index contributed by atoms with van der Waals surface area (Å²) in [7, 11) is 0. The Morgan fingerprint density at radius 1 is 1.29 bits per heavy atom. The topological polar surface area (TPSA) is 86.7 Å². The summed E-state index contributed by atoms with van der Waals surface area (Å²) in [5.74, 6) is 0.693. The molecule has 2 aromatic heterocycles. The van der Waals surface area contributed by atoms with Gasteiger partial charge in [0.1, 0.15) is 11.5 Å². The number of carbonyl (C=O) groups excluding carboxylic acids is 1. The average Bonchev–Trinajstić information content (AvgIpc) is 2.72. The van der Waals surface area contributed by atoms with E-state index in [1.165, 1.54) is 10.9 Å². The first-order valence-electron chi connectivity index (χ1n) is 5.16. The van der Waals surface area contributed by atoms with Gasteiger partial charge in [-0.15, -0.1) is 0 Å². The van der Waals surface area contributed by atoms with E-state index in [0.717, 1.165) is 11.3 Å². The second-order valence-electron chi connectivity index (χ2n) is 3.80. The van der Waals surface area contributed by atoms with Gasteiger partial charge < -0.3 is 5.73 Å². The first-order chi connectivity index (χ1) is 8.00. The van der Waals surface area contributed by atoms with Crippen molar-refractivity contribution >= 4 is 5.91 Å². The second kappa shape index (κ2) is 3.97. The summed E-state index contributed by atoms with van der Waals surface area (Å²) in [5.41, 5.74) is 7.33. The predicted molar refractivity (Wildman–Crippen MR) is 61.9 cm³/mol. The highest BCUT2D eigenvalue weighted by Crippen LogP contribution is 2.15. The van der Waals surface area contributed by atoms with E-state index >= 15 is 0 Å². The Morgan fingerprint density at radius 3 is 2.65 bits per heavy atom. The maximum absolute atomic E-state index is 11.3. The number of rotatable bonds is 2. The van der Waals surface area contributed by atoms with Crippen molar-refractivity contribution in [2.24, 2.45) is 5.73 Å². The Bertz CT molecular complexity index is 588. The molecule has 0 fully saturated rings. The summed E-state index contributed by atoms with van der Waals surface area (Å²) in [6, 6.07) is 1.56. The van der Waals surface area contributed by atoms with Crippen LogP contribution in [0.1, 0.15) is 27.6 Å². The molecular formula is C11H13N5O. The second-order valence-corrected chi connectivity index (χ2v) is 3.80. The van der Waals surface area contributed by atoms with Gasteiger partial charge in [-0.25, -0.2) is 14.6 Å². The van der Waals surface area contributed by atoms with Gasteiger partial charge in [-0.1, -0.05) is 0 Å². The van der Waals surface area contributed by atoms with E-state index < -0.39 is 5.91 Å². The van der Waals surface area contributed by atoms with E-state index in [-0.39, 0.29) is 0 Å². The number of hydrogen-bond donors (Lipinski definition) is 1. The number of primary amides is 1. The van der Waals surface area contributed by atoms with Crippen LogP contribution < -0.4 is 5.73 Å². The average molecular weight is 231 g/mol. The van der Waals surface area contributed by atoms with Gasteiger partial charge in [-0.2, -0.15) is 5.10 Å². The maximum Gasteiger partial charge on any atom is 0.267 e. The third-order valence-electron chi connectivity index (χ3n) is 2.57. The molecule has 2 rings (SSSR count). The fourth-order valence-electron chi connectivity index (χ4n) is 1.62. The van der Waals surface area contributed by atoms with E-state index in [4.69, 9.17) is 5.73 Å². The Balaban J connectivity index is 2.68. The molecule has 1 amide bonds. The molecule has 0 aliphatic heterocycles. The predicted octanol–water partition coefficient (Wildman–Crippen LogP) is 0.686. The minimum Gasteiger partial charge on any atom is -0.364 e. The van der Waals surface area contributed by atoms with Crippen LogP contribution in [-0.2, 0) is 0 Å². The molecule has 2 aromatic rings. The van der Waals surface area contributed by atoms with Crippen molar-refractivity contribution in [1.29, 1.82) is 0 Å². The van der Waals surface area contributed by atoms with Gasteiger partial charge >= 0.3 is 0 Å². The first-order valence-corrected chi connectivity index (χ1v) is 5.16. The van der Waals surface area contributed by atoms with Crippen LogP contribution in [0.5, 0.6) is 0 Å². The van der Waals surface area contributed by atoms with Gasteiger partial charge in [-0.05, 0) is 26.8 Å². The van der Waals surface area contributed by atoms with Crippen LogP contribution in [0.2, 0.25) is 0 Å². The Labute approximate surface area is 98.5 Å². The van der Waals surface area contributed by atoms with Crippen molar-refractivity contribution in [2.45, 2.75) is 20.8 Å². The molecule has 0 saturated carbocycles. The summed E-state index contributed by atoms with van der Waals surface area (Å²) in [4.78, 5) is 19.8. The molecule has 0 bridgehead atoms. The van der Waals surface area contributed by atoms with E-state index in [1.54, 1.807) is 13.0 Å². The number of nitrogens with zero attached hydrogens (tertiary/aromatic N) is 4. The van der Waals surface area contributed by atoms with E-state index in [9.17, 15) is 4.79 Å². The largest absolute Gasteiger partial charge is 0.364 e. The zero-order valence-electron chi connectivity index (χ0n) is 9.93. The Hall–Kier alpha value is -2.24. The molecule has 0 saturated heterocycles. The number of hydrogen-bond acceptors (Lipinski definition) is 4. The number of amides is 1. The van der Waals surface area contributed by atoms with Crippen LogP contribution in [0.25, 0.3) is 5.82 Å². The summed E-state index contributed by atoms with van der Waals surface area (Å²) < 4.78 is 1.44. The summed E-state index contributed by atoms with van der Waals surface area (Å²) in [6.45, 7) is 5.57. The van der Waals surface area contributed by atoms with Crippen LogP contribution in [0, 0.1) is 20.8 Å². The van der Waals surface area contributed by atoms with Crippen LogP contribution in [0.4, 0.5) is 0 Å². The Morgan fingerprint density at radius 2 is 2.00 bits per heavy atom. The lowest BCUT2D eigenvalue weighted by molar-refractivity contribution is 0.0992. The molecule has 0 radical (unpaired) electrons. The number of aryl methyl sites for hydroxylation is 2. The highest BCUT2D eigenvalue weighted by Gasteiger charge is 2.14. The zero-order valence-corrected chi connectivity index (χ0v) is 9.93. The minimum atomic E-state index is -0.532. The Kier molecular flexibility index (Phi) is 2.63. The van der Waals surface area contributed by atoms with Gasteiger partial charge in [0.2, 0.25) is 0 Å². The van der Waals surface area contributed by atoms with Crippen LogP contribution in [-0.4, -0.2) is 25.7 Å². The van der Waals surface area contributed by atoms with Gasteiger partial charge in [0, 0.05) is 11.3 Å². The molecule has 2 N–H and O–H groups in total.